The van der Waals surface area contributed by atoms with Crippen molar-refractivity contribution < 1.29 is 0 Å². The molecule has 2 atom stereocenters. The number of anilines is 1. The van der Waals surface area contributed by atoms with Crippen LogP contribution in [-0.4, -0.2) is 19.1 Å². The molecule has 1 heterocycles. The van der Waals surface area contributed by atoms with Gasteiger partial charge >= 0.3 is 0 Å². The number of nitrogens with two attached hydrogens (primary N) is 1. The Morgan fingerprint density at radius 3 is 3.00 bits per heavy atom. The van der Waals surface area contributed by atoms with Crippen LogP contribution in [0, 0.1) is 0 Å². The number of fused-ring (bicyclic) bond motifs is 3. The lowest BCUT2D eigenvalue weighted by molar-refractivity contribution is 0.592. The van der Waals surface area contributed by atoms with Crippen LogP contribution >= 0.6 is 0 Å². The molecule has 3 rings (SSSR count). The van der Waals surface area contributed by atoms with Gasteiger partial charge in [0.2, 0.25) is 0 Å². The topological polar surface area (TPSA) is 29.3 Å². The van der Waals surface area contributed by atoms with Gasteiger partial charge < -0.3 is 10.6 Å². The second-order valence-electron chi connectivity index (χ2n) is 4.65. The molecule has 80 valence electrons. The van der Waals surface area contributed by atoms with E-state index in [1.807, 2.05) is 0 Å². The molecule has 0 aromatic heterocycles. The first-order valence-corrected chi connectivity index (χ1v) is 5.97. The smallest absolute Gasteiger partial charge is 0.0405 e. The molecule has 2 N–H and O–H groups in total. The molecule has 1 saturated carbocycles. The van der Waals surface area contributed by atoms with Crippen LogP contribution < -0.4 is 10.6 Å². The molecule has 1 aliphatic carbocycles. The first-order valence-electron chi connectivity index (χ1n) is 5.97. The van der Waals surface area contributed by atoms with Gasteiger partial charge in [0.15, 0.2) is 0 Å². The van der Waals surface area contributed by atoms with Crippen molar-refractivity contribution in [1.82, 2.24) is 0 Å². The number of para-hydroxylation sites is 1. The van der Waals surface area contributed by atoms with Crippen LogP contribution in [0.4, 0.5) is 5.69 Å². The maximum Gasteiger partial charge on any atom is 0.0405 e. The van der Waals surface area contributed by atoms with E-state index in [4.69, 9.17) is 5.73 Å². The Hall–Kier alpha value is -1.02. The average Bonchev–Trinajstić information content (AvgIpc) is 2.82. The number of rotatable bonds is 2. The van der Waals surface area contributed by atoms with Crippen LogP contribution in [0.2, 0.25) is 0 Å². The van der Waals surface area contributed by atoms with Crippen LogP contribution in [0.3, 0.4) is 0 Å². The van der Waals surface area contributed by atoms with Crippen LogP contribution in [0.25, 0.3) is 0 Å². The number of hydrogen-bond donors (Lipinski definition) is 1. The Kier molecular flexibility index (Phi) is 2.17. The predicted molar refractivity (Wildman–Crippen MR) is 63.2 cm³/mol. The Morgan fingerprint density at radius 1 is 1.27 bits per heavy atom. The van der Waals surface area contributed by atoms with Crippen LogP contribution in [0.5, 0.6) is 0 Å². The molecule has 2 heteroatoms. The highest BCUT2D eigenvalue weighted by molar-refractivity contribution is 5.62. The lowest BCUT2D eigenvalue weighted by Gasteiger charge is -2.26. The summed E-state index contributed by atoms with van der Waals surface area (Å²) in [5, 5.41) is 0. The molecular weight excluding hydrogens is 184 g/mol. The first kappa shape index (κ1) is 9.22. The molecule has 1 fully saturated rings. The van der Waals surface area contributed by atoms with E-state index in [1.165, 1.54) is 24.9 Å². The number of nitrogens with zero attached hydrogens (tertiary/aromatic N) is 1. The highest BCUT2D eigenvalue weighted by atomic mass is 15.2. The fourth-order valence-corrected chi connectivity index (χ4v) is 3.34. The van der Waals surface area contributed by atoms with Crippen molar-refractivity contribution in [3.63, 3.8) is 0 Å². The van der Waals surface area contributed by atoms with Crippen molar-refractivity contribution in [2.24, 2.45) is 5.73 Å². The molecule has 2 nitrogen and oxygen atoms in total. The van der Waals surface area contributed by atoms with Gasteiger partial charge in [0, 0.05) is 30.7 Å². The Balaban J connectivity index is 2.02. The lowest BCUT2D eigenvalue weighted by atomic mass is 9.98. The van der Waals surface area contributed by atoms with Crippen molar-refractivity contribution in [3.05, 3.63) is 29.8 Å². The molecule has 1 aliphatic heterocycles. The maximum absolute atomic E-state index is 5.71. The summed E-state index contributed by atoms with van der Waals surface area (Å²) in [7, 11) is 0. The lowest BCUT2D eigenvalue weighted by Crippen LogP contribution is -2.35. The highest BCUT2D eigenvalue weighted by Crippen LogP contribution is 2.48. The van der Waals surface area contributed by atoms with E-state index in [2.05, 4.69) is 29.2 Å². The average molecular weight is 202 g/mol. The van der Waals surface area contributed by atoms with Crippen molar-refractivity contribution >= 4 is 5.69 Å². The highest BCUT2D eigenvalue weighted by Gasteiger charge is 2.40. The number of hydrogen-bond acceptors (Lipinski definition) is 2. The fourth-order valence-electron chi connectivity index (χ4n) is 3.34. The molecule has 0 saturated heterocycles. The SMILES string of the molecule is NCCN1c2ccccc2[C@H]2CCC[C@H]21. The second-order valence-corrected chi connectivity index (χ2v) is 4.65. The summed E-state index contributed by atoms with van der Waals surface area (Å²) in [6, 6.07) is 9.60. The van der Waals surface area contributed by atoms with E-state index < -0.39 is 0 Å². The third-order valence-electron chi connectivity index (χ3n) is 3.90. The van der Waals surface area contributed by atoms with Crippen molar-refractivity contribution in [2.45, 2.75) is 31.2 Å². The summed E-state index contributed by atoms with van der Waals surface area (Å²) in [5.41, 5.74) is 8.71. The normalized spacial score (nSPS) is 27.9. The predicted octanol–water partition coefficient (Wildman–Crippen LogP) is 2.10. The summed E-state index contributed by atoms with van der Waals surface area (Å²) in [6.45, 7) is 1.77. The monoisotopic (exact) mass is 202 g/mol. The molecular formula is C13H18N2. The Labute approximate surface area is 91.1 Å². The Bertz CT molecular complexity index is 361. The molecule has 0 radical (unpaired) electrons. The molecule has 2 aliphatic rings. The zero-order valence-electron chi connectivity index (χ0n) is 9.02. The summed E-state index contributed by atoms with van der Waals surface area (Å²) in [4.78, 5) is 2.53. The first-order chi connectivity index (χ1) is 7.42. The van der Waals surface area contributed by atoms with Crippen LogP contribution in [0.1, 0.15) is 30.7 Å². The van der Waals surface area contributed by atoms with E-state index >= 15 is 0 Å². The molecule has 15 heavy (non-hydrogen) atoms. The third-order valence-corrected chi connectivity index (χ3v) is 3.90. The molecule has 1 aromatic rings. The minimum Gasteiger partial charge on any atom is -0.366 e. The maximum atomic E-state index is 5.71. The molecule has 0 bridgehead atoms. The summed E-state index contributed by atoms with van der Waals surface area (Å²) in [6.07, 6.45) is 4.09. The molecule has 0 unspecified atom stereocenters. The van der Waals surface area contributed by atoms with Gasteiger partial charge in [0.1, 0.15) is 0 Å². The van der Waals surface area contributed by atoms with E-state index in [9.17, 15) is 0 Å². The van der Waals surface area contributed by atoms with Gasteiger partial charge in [0.05, 0.1) is 0 Å². The van der Waals surface area contributed by atoms with Gasteiger partial charge in [-0.05, 0) is 24.5 Å². The standard InChI is InChI=1S/C13H18N2/c14-8-9-15-12-6-2-1-4-10(12)11-5-3-7-13(11)15/h1-2,4,6,11,13H,3,5,7-9,14H2/t11-,13-/m1/s1. The van der Waals surface area contributed by atoms with E-state index in [0.717, 1.165) is 25.0 Å². The fraction of sp³-hybridized carbons (Fsp3) is 0.538. The van der Waals surface area contributed by atoms with Gasteiger partial charge in [-0.25, -0.2) is 0 Å². The minimum atomic E-state index is 0.742. The van der Waals surface area contributed by atoms with Crippen molar-refractivity contribution in [1.29, 1.82) is 0 Å². The van der Waals surface area contributed by atoms with E-state index in [1.54, 1.807) is 5.56 Å². The van der Waals surface area contributed by atoms with Gasteiger partial charge in [-0.2, -0.15) is 0 Å². The largest absolute Gasteiger partial charge is 0.366 e. The quantitative estimate of drug-likeness (QED) is 0.795. The van der Waals surface area contributed by atoms with Crippen LogP contribution in [0.15, 0.2) is 24.3 Å². The van der Waals surface area contributed by atoms with Crippen molar-refractivity contribution in [3.8, 4) is 0 Å². The second kappa shape index (κ2) is 3.53. The Morgan fingerprint density at radius 2 is 2.13 bits per heavy atom. The van der Waals surface area contributed by atoms with E-state index in [0.29, 0.717) is 0 Å². The zero-order chi connectivity index (χ0) is 10.3. The summed E-state index contributed by atoms with van der Waals surface area (Å²) >= 11 is 0. The zero-order valence-corrected chi connectivity index (χ0v) is 9.02. The minimum absolute atomic E-state index is 0.742. The van der Waals surface area contributed by atoms with Gasteiger partial charge in [-0.1, -0.05) is 24.6 Å². The van der Waals surface area contributed by atoms with Gasteiger partial charge in [-0.15, -0.1) is 0 Å². The van der Waals surface area contributed by atoms with Crippen LogP contribution in [-0.2, 0) is 0 Å². The third kappa shape index (κ3) is 1.28. The summed E-state index contributed by atoms with van der Waals surface area (Å²) < 4.78 is 0. The van der Waals surface area contributed by atoms with Gasteiger partial charge in [-0.3, -0.25) is 0 Å². The molecule has 1 aromatic carbocycles. The summed E-state index contributed by atoms with van der Waals surface area (Å²) in [5.74, 6) is 0.785. The van der Waals surface area contributed by atoms with E-state index in [-0.39, 0.29) is 0 Å². The number of benzene rings is 1. The molecule has 0 spiro atoms. The van der Waals surface area contributed by atoms with Crippen molar-refractivity contribution in [2.75, 3.05) is 18.0 Å². The van der Waals surface area contributed by atoms with Gasteiger partial charge in [0.25, 0.3) is 0 Å². The molecule has 0 amide bonds.